The van der Waals surface area contributed by atoms with Gasteiger partial charge in [-0.1, -0.05) is 19.1 Å². The summed E-state index contributed by atoms with van der Waals surface area (Å²) in [5.41, 5.74) is 0.657. The highest BCUT2D eigenvalue weighted by molar-refractivity contribution is 5.73. The van der Waals surface area contributed by atoms with Crippen LogP contribution in [-0.2, 0) is 4.79 Å². The molecule has 4 rings (SSSR count). The molecular formula is C19H21FN4O3. The zero-order chi connectivity index (χ0) is 19.1. The average molecular weight is 372 g/mol. The lowest BCUT2D eigenvalue weighted by atomic mass is 10.1. The lowest BCUT2D eigenvalue weighted by Crippen LogP contribution is -2.49. The smallest absolute Gasteiger partial charge is 0.326 e. The lowest BCUT2D eigenvalue weighted by Gasteiger charge is -2.37. The molecule has 1 saturated heterocycles. The van der Waals surface area contributed by atoms with Gasteiger partial charge in [0.25, 0.3) is 5.56 Å². The second kappa shape index (κ2) is 6.68. The summed E-state index contributed by atoms with van der Waals surface area (Å²) in [6.45, 7) is 4.10. The molecule has 2 aliphatic rings. The minimum Gasteiger partial charge on any atom is -0.480 e. The molecule has 7 nitrogen and oxygen atoms in total. The molecule has 2 atom stereocenters. The minimum atomic E-state index is -1.01. The SMILES string of the molecule is C[C@@H]1C[C@@H](C(=O)O)n2c1ncc(N1CCN(c3ccccc3F)CC1)c2=O. The predicted molar refractivity (Wildman–Crippen MR) is 99.0 cm³/mol. The maximum atomic E-state index is 14.0. The third-order valence-electron chi connectivity index (χ3n) is 5.43. The quantitative estimate of drug-likeness (QED) is 0.886. The number of carbonyl (C=O) groups is 1. The summed E-state index contributed by atoms with van der Waals surface area (Å²) in [5, 5.41) is 9.45. The van der Waals surface area contributed by atoms with Crippen LogP contribution in [0.25, 0.3) is 0 Å². The summed E-state index contributed by atoms with van der Waals surface area (Å²) in [7, 11) is 0. The summed E-state index contributed by atoms with van der Waals surface area (Å²) >= 11 is 0. The van der Waals surface area contributed by atoms with Crippen molar-refractivity contribution < 1.29 is 14.3 Å². The van der Waals surface area contributed by atoms with Crippen molar-refractivity contribution in [2.75, 3.05) is 36.0 Å². The first-order valence-corrected chi connectivity index (χ1v) is 9.06. The van der Waals surface area contributed by atoms with Gasteiger partial charge in [-0.3, -0.25) is 9.36 Å². The summed E-state index contributed by atoms with van der Waals surface area (Å²) in [5.74, 6) is -0.804. The van der Waals surface area contributed by atoms with Crippen molar-refractivity contribution in [3.63, 3.8) is 0 Å². The number of anilines is 2. The predicted octanol–water partition coefficient (Wildman–Crippen LogP) is 1.84. The lowest BCUT2D eigenvalue weighted by molar-refractivity contribution is -0.140. The van der Waals surface area contributed by atoms with Crippen molar-refractivity contribution in [2.45, 2.75) is 25.3 Å². The fourth-order valence-electron chi connectivity index (χ4n) is 4.01. The van der Waals surface area contributed by atoms with Gasteiger partial charge in [0.15, 0.2) is 0 Å². The molecule has 2 aliphatic heterocycles. The molecule has 27 heavy (non-hydrogen) atoms. The summed E-state index contributed by atoms with van der Waals surface area (Å²) in [6, 6.07) is 5.78. The van der Waals surface area contributed by atoms with Crippen molar-refractivity contribution in [2.24, 2.45) is 0 Å². The maximum Gasteiger partial charge on any atom is 0.326 e. The van der Waals surface area contributed by atoms with Crippen LogP contribution in [0.1, 0.15) is 31.1 Å². The fraction of sp³-hybridized carbons (Fsp3) is 0.421. The third-order valence-corrected chi connectivity index (χ3v) is 5.43. The first-order valence-electron chi connectivity index (χ1n) is 9.06. The number of carboxylic acid groups (broad SMARTS) is 1. The van der Waals surface area contributed by atoms with Crippen molar-refractivity contribution in [1.82, 2.24) is 9.55 Å². The van der Waals surface area contributed by atoms with Crippen molar-refractivity contribution in [3.8, 4) is 0 Å². The molecule has 1 N–H and O–H groups in total. The van der Waals surface area contributed by atoms with Crippen molar-refractivity contribution >= 4 is 17.3 Å². The molecule has 0 saturated carbocycles. The molecule has 0 amide bonds. The molecule has 0 unspecified atom stereocenters. The van der Waals surface area contributed by atoms with E-state index in [4.69, 9.17) is 0 Å². The number of halogens is 1. The van der Waals surface area contributed by atoms with Gasteiger partial charge in [0.1, 0.15) is 23.4 Å². The van der Waals surface area contributed by atoms with Gasteiger partial charge in [0.2, 0.25) is 0 Å². The Bertz CT molecular complexity index is 937. The number of aromatic nitrogens is 2. The molecule has 8 heteroatoms. The standard InChI is InChI=1S/C19H21FN4O3/c1-12-10-15(19(26)27)24-17(12)21-11-16(18(24)25)23-8-6-22(7-9-23)14-5-3-2-4-13(14)20/h2-5,11-12,15H,6-10H2,1H3,(H,26,27)/t12-,15+/m1/s1. The number of benzene rings is 1. The molecule has 1 aromatic heterocycles. The van der Waals surface area contributed by atoms with Crippen LogP contribution in [0.4, 0.5) is 15.8 Å². The number of para-hydroxylation sites is 1. The zero-order valence-corrected chi connectivity index (χ0v) is 15.0. The topological polar surface area (TPSA) is 78.7 Å². The molecule has 142 valence electrons. The number of nitrogens with zero attached hydrogens (tertiary/aromatic N) is 4. The number of fused-ring (bicyclic) bond motifs is 1. The largest absolute Gasteiger partial charge is 0.480 e. The van der Waals surface area contributed by atoms with E-state index in [2.05, 4.69) is 4.98 Å². The second-order valence-electron chi connectivity index (χ2n) is 7.09. The van der Waals surface area contributed by atoms with Crippen molar-refractivity contribution in [1.29, 1.82) is 0 Å². The molecule has 2 aromatic rings. The zero-order valence-electron chi connectivity index (χ0n) is 15.0. The third kappa shape index (κ3) is 2.94. The van der Waals surface area contributed by atoms with Gasteiger partial charge in [-0.15, -0.1) is 0 Å². The van der Waals surface area contributed by atoms with E-state index >= 15 is 0 Å². The first kappa shape index (κ1) is 17.5. The molecule has 0 spiro atoms. The monoisotopic (exact) mass is 372 g/mol. The highest BCUT2D eigenvalue weighted by Crippen LogP contribution is 2.33. The van der Waals surface area contributed by atoms with Gasteiger partial charge in [0.05, 0.1) is 11.9 Å². The summed E-state index contributed by atoms with van der Waals surface area (Å²) < 4.78 is 15.3. The van der Waals surface area contributed by atoms with Crippen LogP contribution in [0.15, 0.2) is 35.3 Å². The molecule has 1 aromatic carbocycles. The first-order chi connectivity index (χ1) is 13.0. The normalized spacial score (nSPS) is 22.0. The Balaban J connectivity index is 1.58. The number of piperazine rings is 1. The van der Waals surface area contributed by atoms with Gasteiger partial charge < -0.3 is 14.9 Å². The van der Waals surface area contributed by atoms with E-state index in [9.17, 15) is 19.1 Å². The van der Waals surface area contributed by atoms with Crippen LogP contribution in [-0.4, -0.2) is 46.8 Å². The second-order valence-corrected chi connectivity index (χ2v) is 7.09. The minimum absolute atomic E-state index is 0.0641. The summed E-state index contributed by atoms with van der Waals surface area (Å²) in [6.07, 6.45) is 1.93. The molecular weight excluding hydrogens is 351 g/mol. The van der Waals surface area contributed by atoms with Crippen LogP contribution in [0, 0.1) is 5.82 Å². The van der Waals surface area contributed by atoms with E-state index in [0.29, 0.717) is 49.8 Å². The molecule has 1 fully saturated rings. The van der Waals surface area contributed by atoms with Crippen LogP contribution in [0.3, 0.4) is 0 Å². The van der Waals surface area contributed by atoms with E-state index in [0.717, 1.165) is 0 Å². The van der Waals surface area contributed by atoms with Gasteiger partial charge in [0, 0.05) is 32.1 Å². The van der Waals surface area contributed by atoms with Gasteiger partial charge in [-0.2, -0.15) is 0 Å². The van der Waals surface area contributed by atoms with Crippen LogP contribution in [0.2, 0.25) is 0 Å². The van der Waals surface area contributed by atoms with Gasteiger partial charge in [-0.25, -0.2) is 14.2 Å². The van der Waals surface area contributed by atoms with Gasteiger partial charge in [-0.05, 0) is 18.6 Å². The fourth-order valence-corrected chi connectivity index (χ4v) is 4.01. The Labute approximate surface area is 155 Å². The van der Waals surface area contributed by atoms with E-state index in [-0.39, 0.29) is 17.3 Å². The Hall–Kier alpha value is -2.90. The van der Waals surface area contributed by atoms with E-state index in [1.54, 1.807) is 24.4 Å². The number of hydrogen-bond donors (Lipinski definition) is 1. The number of rotatable bonds is 3. The Kier molecular flexibility index (Phi) is 4.33. The molecule has 0 radical (unpaired) electrons. The molecule has 0 bridgehead atoms. The highest BCUT2D eigenvalue weighted by Gasteiger charge is 2.36. The maximum absolute atomic E-state index is 14.0. The Morgan fingerprint density at radius 3 is 2.41 bits per heavy atom. The van der Waals surface area contributed by atoms with E-state index < -0.39 is 12.0 Å². The van der Waals surface area contributed by atoms with Gasteiger partial charge >= 0.3 is 5.97 Å². The molecule has 0 aliphatic carbocycles. The van der Waals surface area contributed by atoms with Crippen LogP contribution in [0.5, 0.6) is 0 Å². The van der Waals surface area contributed by atoms with Crippen LogP contribution >= 0.6 is 0 Å². The number of aliphatic carboxylic acids is 1. The summed E-state index contributed by atoms with van der Waals surface area (Å²) in [4.78, 5) is 32.7. The Morgan fingerprint density at radius 1 is 1.15 bits per heavy atom. The van der Waals surface area contributed by atoms with Crippen molar-refractivity contribution in [3.05, 3.63) is 52.5 Å². The molecule has 3 heterocycles. The van der Waals surface area contributed by atoms with Crippen LogP contribution < -0.4 is 15.4 Å². The van der Waals surface area contributed by atoms with E-state index in [1.165, 1.54) is 10.6 Å². The number of hydrogen-bond acceptors (Lipinski definition) is 5. The average Bonchev–Trinajstić information content (AvgIpc) is 3.01. The highest BCUT2D eigenvalue weighted by atomic mass is 19.1. The number of carboxylic acids is 1. The Morgan fingerprint density at radius 2 is 1.78 bits per heavy atom. The van der Waals surface area contributed by atoms with E-state index in [1.807, 2.05) is 16.7 Å².